The van der Waals surface area contributed by atoms with Crippen LogP contribution >= 0.6 is 0 Å². The number of carbonyl (C=O) groups excluding carboxylic acids is 1. The predicted octanol–water partition coefficient (Wildman–Crippen LogP) is 2.53. The van der Waals surface area contributed by atoms with E-state index in [-0.39, 0.29) is 17.5 Å². The monoisotopic (exact) mass is 226 g/mol. The Morgan fingerprint density at radius 1 is 1.44 bits per heavy atom. The van der Waals surface area contributed by atoms with Crippen molar-refractivity contribution >= 4 is 5.97 Å². The molecule has 2 aliphatic rings. The summed E-state index contributed by atoms with van der Waals surface area (Å²) in [5, 5.41) is 0. The number of esters is 1. The van der Waals surface area contributed by atoms with E-state index in [9.17, 15) is 4.79 Å². The molecular weight excluding hydrogens is 204 g/mol. The van der Waals surface area contributed by atoms with Gasteiger partial charge in [0.05, 0.1) is 18.1 Å². The summed E-state index contributed by atoms with van der Waals surface area (Å²) in [5.41, 5.74) is -0.364. The third-order valence-corrected chi connectivity index (χ3v) is 4.15. The summed E-state index contributed by atoms with van der Waals surface area (Å²) >= 11 is 0. The van der Waals surface area contributed by atoms with Crippen molar-refractivity contribution in [2.75, 3.05) is 6.61 Å². The highest BCUT2D eigenvalue weighted by molar-refractivity contribution is 5.76. The van der Waals surface area contributed by atoms with Crippen LogP contribution in [0.4, 0.5) is 0 Å². The van der Waals surface area contributed by atoms with E-state index >= 15 is 0 Å². The van der Waals surface area contributed by atoms with Gasteiger partial charge in [0.2, 0.25) is 0 Å². The van der Waals surface area contributed by atoms with Gasteiger partial charge in [-0.1, -0.05) is 13.3 Å². The SMILES string of the molecule is CCC(C)(C)C(=O)OC1COC2CCCC21. The third-order valence-electron chi connectivity index (χ3n) is 4.15. The first kappa shape index (κ1) is 11.9. The quantitative estimate of drug-likeness (QED) is 0.694. The van der Waals surface area contributed by atoms with Crippen molar-refractivity contribution in [2.24, 2.45) is 11.3 Å². The van der Waals surface area contributed by atoms with Gasteiger partial charge in [-0.3, -0.25) is 4.79 Å². The van der Waals surface area contributed by atoms with Crippen LogP contribution in [0.5, 0.6) is 0 Å². The van der Waals surface area contributed by atoms with Gasteiger partial charge in [-0.2, -0.15) is 0 Å². The smallest absolute Gasteiger partial charge is 0.311 e. The van der Waals surface area contributed by atoms with Crippen LogP contribution in [0.15, 0.2) is 0 Å². The van der Waals surface area contributed by atoms with Gasteiger partial charge in [0.1, 0.15) is 6.10 Å². The molecule has 0 aromatic heterocycles. The van der Waals surface area contributed by atoms with Crippen molar-refractivity contribution in [1.82, 2.24) is 0 Å². The van der Waals surface area contributed by atoms with E-state index in [1.165, 1.54) is 6.42 Å². The first-order valence-corrected chi connectivity index (χ1v) is 6.37. The fourth-order valence-electron chi connectivity index (χ4n) is 2.49. The number of ether oxygens (including phenoxy) is 2. The summed E-state index contributed by atoms with van der Waals surface area (Å²) in [6.45, 7) is 6.50. The summed E-state index contributed by atoms with van der Waals surface area (Å²) in [6, 6.07) is 0. The van der Waals surface area contributed by atoms with Gasteiger partial charge in [-0.15, -0.1) is 0 Å². The van der Waals surface area contributed by atoms with E-state index in [0.717, 1.165) is 19.3 Å². The van der Waals surface area contributed by atoms with Crippen LogP contribution in [0.2, 0.25) is 0 Å². The Morgan fingerprint density at radius 3 is 2.88 bits per heavy atom. The van der Waals surface area contributed by atoms with E-state index in [0.29, 0.717) is 18.6 Å². The second kappa shape index (κ2) is 4.36. The van der Waals surface area contributed by atoms with Gasteiger partial charge in [-0.05, 0) is 33.1 Å². The molecule has 0 spiro atoms. The topological polar surface area (TPSA) is 35.5 Å². The minimum atomic E-state index is -0.364. The zero-order chi connectivity index (χ0) is 11.8. The Morgan fingerprint density at radius 2 is 2.19 bits per heavy atom. The molecule has 2 rings (SSSR count). The lowest BCUT2D eigenvalue weighted by Gasteiger charge is -2.25. The standard InChI is InChI=1S/C13H22O3/c1-4-13(2,3)12(14)16-11-8-15-10-7-5-6-9(10)11/h9-11H,4-8H2,1-3H3. The van der Waals surface area contributed by atoms with Gasteiger partial charge >= 0.3 is 5.97 Å². The Balaban J connectivity index is 1.93. The fraction of sp³-hybridized carbons (Fsp3) is 0.923. The van der Waals surface area contributed by atoms with Crippen molar-refractivity contribution in [3.05, 3.63) is 0 Å². The maximum Gasteiger partial charge on any atom is 0.311 e. The fourth-order valence-corrected chi connectivity index (χ4v) is 2.49. The molecule has 1 aliphatic carbocycles. The van der Waals surface area contributed by atoms with Crippen LogP contribution < -0.4 is 0 Å². The number of hydrogen-bond acceptors (Lipinski definition) is 3. The lowest BCUT2D eigenvalue weighted by molar-refractivity contribution is -0.161. The van der Waals surface area contributed by atoms with Gasteiger partial charge in [-0.25, -0.2) is 0 Å². The van der Waals surface area contributed by atoms with Gasteiger partial charge in [0.15, 0.2) is 0 Å². The van der Waals surface area contributed by atoms with Crippen molar-refractivity contribution < 1.29 is 14.3 Å². The van der Waals surface area contributed by atoms with Crippen LogP contribution in [0.25, 0.3) is 0 Å². The van der Waals surface area contributed by atoms with Crippen molar-refractivity contribution in [1.29, 1.82) is 0 Å². The maximum absolute atomic E-state index is 12.0. The molecule has 3 heteroatoms. The van der Waals surface area contributed by atoms with Crippen LogP contribution in [0.1, 0.15) is 46.5 Å². The zero-order valence-electron chi connectivity index (χ0n) is 10.5. The Hall–Kier alpha value is -0.570. The lowest BCUT2D eigenvalue weighted by atomic mass is 9.90. The molecule has 1 heterocycles. The molecule has 16 heavy (non-hydrogen) atoms. The van der Waals surface area contributed by atoms with E-state index in [4.69, 9.17) is 9.47 Å². The lowest BCUT2D eigenvalue weighted by Crippen LogP contribution is -2.33. The van der Waals surface area contributed by atoms with E-state index in [1.807, 2.05) is 20.8 Å². The molecule has 2 fully saturated rings. The van der Waals surface area contributed by atoms with Gasteiger partial charge < -0.3 is 9.47 Å². The third kappa shape index (κ3) is 2.10. The van der Waals surface area contributed by atoms with Crippen molar-refractivity contribution in [3.63, 3.8) is 0 Å². The summed E-state index contributed by atoms with van der Waals surface area (Å²) in [7, 11) is 0. The Kier molecular flexibility index (Phi) is 3.24. The zero-order valence-corrected chi connectivity index (χ0v) is 10.5. The van der Waals surface area contributed by atoms with Gasteiger partial charge in [0.25, 0.3) is 0 Å². The minimum Gasteiger partial charge on any atom is -0.459 e. The molecule has 3 nitrogen and oxygen atoms in total. The molecule has 0 aromatic carbocycles. The molecule has 1 aliphatic heterocycles. The summed E-state index contributed by atoms with van der Waals surface area (Å²) in [6.07, 6.45) is 4.66. The largest absolute Gasteiger partial charge is 0.459 e. The molecule has 0 N–H and O–H groups in total. The highest BCUT2D eigenvalue weighted by Crippen LogP contribution is 2.38. The van der Waals surface area contributed by atoms with Crippen molar-refractivity contribution in [3.8, 4) is 0 Å². The predicted molar refractivity (Wildman–Crippen MR) is 61.0 cm³/mol. The normalized spacial score (nSPS) is 33.8. The average Bonchev–Trinajstić information content (AvgIpc) is 2.82. The summed E-state index contributed by atoms with van der Waals surface area (Å²) in [4.78, 5) is 12.0. The van der Waals surface area contributed by atoms with Crippen LogP contribution in [-0.2, 0) is 14.3 Å². The maximum atomic E-state index is 12.0. The summed E-state index contributed by atoms with van der Waals surface area (Å²) < 4.78 is 11.3. The number of carbonyl (C=O) groups is 1. The van der Waals surface area contributed by atoms with E-state index < -0.39 is 0 Å². The molecule has 0 bridgehead atoms. The molecule has 3 atom stereocenters. The number of fused-ring (bicyclic) bond motifs is 1. The van der Waals surface area contributed by atoms with E-state index in [1.54, 1.807) is 0 Å². The molecule has 0 radical (unpaired) electrons. The highest BCUT2D eigenvalue weighted by Gasteiger charge is 2.43. The van der Waals surface area contributed by atoms with E-state index in [2.05, 4.69) is 0 Å². The molecule has 3 unspecified atom stereocenters. The van der Waals surface area contributed by atoms with Gasteiger partial charge in [0, 0.05) is 5.92 Å². The number of rotatable bonds is 3. The first-order valence-electron chi connectivity index (χ1n) is 6.37. The van der Waals surface area contributed by atoms with Crippen LogP contribution in [-0.4, -0.2) is 24.8 Å². The Bertz CT molecular complexity index is 272. The van der Waals surface area contributed by atoms with Crippen LogP contribution in [0.3, 0.4) is 0 Å². The first-order chi connectivity index (χ1) is 7.54. The van der Waals surface area contributed by atoms with Crippen molar-refractivity contribution in [2.45, 2.75) is 58.7 Å². The summed E-state index contributed by atoms with van der Waals surface area (Å²) in [5.74, 6) is 0.382. The average molecular weight is 226 g/mol. The molecule has 1 saturated carbocycles. The Labute approximate surface area is 97.5 Å². The molecule has 0 amide bonds. The molecule has 1 saturated heterocycles. The second-order valence-corrected chi connectivity index (χ2v) is 5.65. The minimum absolute atomic E-state index is 0.00539. The second-order valence-electron chi connectivity index (χ2n) is 5.65. The molecule has 92 valence electrons. The van der Waals surface area contributed by atoms with Crippen LogP contribution in [0, 0.1) is 11.3 Å². The molecular formula is C13H22O3. The highest BCUT2D eigenvalue weighted by atomic mass is 16.6. The number of hydrogen-bond donors (Lipinski definition) is 0. The molecule has 0 aromatic rings.